The number of rotatable bonds is 7. The summed E-state index contributed by atoms with van der Waals surface area (Å²) in [5, 5.41) is 0. The van der Waals surface area contributed by atoms with Crippen LogP contribution in [-0.4, -0.2) is 62.9 Å². The molecule has 1 amide bonds. The van der Waals surface area contributed by atoms with Crippen LogP contribution in [0.3, 0.4) is 0 Å². The number of nitrogens with one attached hydrogen (secondary N) is 1. The van der Waals surface area contributed by atoms with Crippen molar-refractivity contribution in [1.82, 2.24) is 14.5 Å². The fourth-order valence-electron chi connectivity index (χ4n) is 3.29. The molecule has 2 aromatic rings. The van der Waals surface area contributed by atoms with E-state index in [4.69, 9.17) is 0 Å². The molecule has 1 saturated heterocycles. The molecule has 0 aliphatic carbocycles. The highest BCUT2D eigenvalue weighted by molar-refractivity contribution is 7.89. The zero-order valence-electron chi connectivity index (χ0n) is 16.9. The lowest BCUT2D eigenvalue weighted by molar-refractivity contribution is -0.134. The smallest absolute Gasteiger partial charge is 0.241 e. The second-order valence-electron chi connectivity index (χ2n) is 7.24. The Balaban J connectivity index is 1.48. The topological polar surface area (TPSA) is 69.7 Å². The summed E-state index contributed by atoms with van der Waals surface area (Å²) in [6.45, 7) is 4.86. The predicted molar refractivity (Wildman–Crippen MR) is 115 cm³/mol. The van der Waals surface area contributed by atoms with Gasteiger partial charge < -0.3 is 4.90 Å². The summed E-state index contributed by atoms with van der Waals surface area (Å²) >= 11 is 0. The Labute approximate surface area is 177 Å². The normalized spacial score (nSPS) is 16.7. The van der Waals surface area contributed by atoms with E-state index >= 15 is 0 Å². The largest absolute Gasteiger partial charge is 0.339 e. The van der Waals surface area contributed by atoms with Crippen molar-refractivity contribution in [3.05, 3.63) is 72.1 Å². The van der Waals surface area contributed by atoms with Gasteiger partial charge in [0.2, 0.25) is 15.9 Å². The highest BCUT2D eigenvalue weighted by Gasteiger charge is 2.28. The molecule has 0 bridgehead atoms. The van der Waals surface area contributed by atoms with Gasteiger partial charge in [0.1, 0.15) is 5.82 Å². The number of halogens is 1. The molecule has 0 spiro atoms. The number of nitrogens with zero attached hydrogens (tertiary/aromatic N) is 2. The SMILES string of the molecule is C[C@H](NS(=O)(=O)c1ccc(F)cc1)C(=O)N1CCN(C/C=C/c2ccccc2)CC1. The van der Waals surface area contributed by atoms with Crippen molar-refractivity contribution in [3.8, 4) is 0 Å². The minimum atomic E-state index is -3.89. The number of benzene rings is 2. The Morgan fingerprint density at radius 2 is 1.70 bits per heavy atom. The molecule has 6 nitrogen and oxygen atoms in total. The third-order valence-electron chi connectivity index (χ3n) is 4.98. The van der Waals surface area contributed by atoms with Gasteiger partial charge in [0.15, 0.2) is 0 Å². The summed E-state index contributed by atoms with van der Waals surface area (Å²) < 4.78 is 40.2. The number of carbonyl (C=O) groups is 1. The molecule has 0 saturated carbocycles. The van der Waals surface area contributed by atoms with E-state index in [1.54, 1.807) is 4.90 Å². The van der Waals surface area contributed by atoms with Gasteiger partial charge in [-0.2, -0.15) is 4.72 Å². The van der Waals surface area contributed by atoms with E-state index in [9.17, 15) is 17.6 Å². The minimum absolute atomic E-state index is 0.0708. The van der Waals surface area contributed by atoms with E-state index in [1.807, 2.05) is 30.3 Å². The van der Waals surface area contributed by atoms with Crippen molar-refractivity contribution in [2.45, 2.75) is 17.9 Å². The van der Waals surface area contributed by atoms with Crippen LogP contribution < -0.4 is 4.72 Å². The molecule has 1 aliphatic heterocycles. The number of piperazine rings is 1. The summed E-state index contributed by atoms with van der Waals surface area (Å²) in [4.78, 5) is 16.5. The summed E-state index contributed by atoms with van der Waals surface area (Å²) in [6.07, 6.45) is 4.18. The van der Waals surface area contributed by atoms with Gasteiger partial charge in [-0.3, -0.25) is 9.69 Å². The van der Waals surface area contributed by atoms with Crippen molar-refractivity contribution in [2.75, 3.05) is 32.7 Å². The Morgan fingerprint density at radius 1 is 1.07 bits per heavy atom. The van der Waals surface area contributed by atoms with Gasteiger partial charge >= 0.3 is 0 Å². The van der Waals surface area contributed by atoms with E-state index in [0.29, 0.717) is 13.1 Å². The first-order valence-electron chi connectivity index (χ1n) is 9.86. The van der Waals surface area contributed by atoms with Crippen LogP contribution in [0.5, 0.6) is 0 Å². The maximum Gasteiger partial charge on any atom is 0.241 e. The molecule has 2 aromatic carbocycles. The maximum absolute atomic E-state index is 13.0. The monoisotopic (exact) mass is 431 g/mol. The lowest BCUT2D eigenvalue weighted by Gasteiger charge is -2.35. The van der Waals surface area contributed by atoms with Crippen LogP contribution in [0.15, 0.2) is 65.6 Å². The highest BCUT2D eigenvalue weighted by atomic mass is 32.2. The molecule has 1 atom stereocenters. The van der Waals surface area contributed by atoms with Crippen molar-refractivity contribution >= 4 is 22.0 Å². The van der Waals surface area contributed by atoms with Crippen LogP contribution in [0.4, 0.5) is 4.39 Å². The van der Waals surface area contributed by atoms with Crippen LogP contribution >= 0.6 is 0 Å². The van der Waals surface area contributed by atoms with Crippen molar-refractivity contribution in [2.24, 2.45) is 0 Å². The second-order valence-corrected chi connectivity index (χ2v) is 8.95. The molecular weight excluding hydrogens is 405 g/mol. The molecule has 1 fully saturated rings. The van der Waals surface area contributed by atoms with Gasteiger partial charge in [0.25, 0.3) is 0 Å². The number of hydrogen-bond donors (Lipinski definition) is 1. The molecule has 0 radical (unpaired) electrons. The van der Waals surface area contributed by atoms with Crippen molar-refractivity contribution in [1.29, 1.82) is 0 Å². The summed E-state index contributed by atoms with van der Waals surface area (Å²) in [6, 6.07) is 13.7. The second kappa shape index (κ2) is 9.97. The Hall–Kier alpha value is -2.55. The number of carbonyl (C=O) groups excluding carboxylic acids is 1. The molecule has 1 heterocycles. The van der Waals surface area contributed by atoms with Crippen molar-refractivity contribution in [3.63, 3.8) is 0 Å². The van der Waals surface area contributed by atoms with E-state index in [2.05, 4.69) is 21.8 Å². The van der Waals surface area contributed by atoms with Crippen LogP contribution in [-0.2, 0) is 14.8 Å². The summed E-state index contributed by atoms with van der Waals surface area (Å²) in [5.41, 5.74) is 1.15. The van der Waals surface area contributed by atoms with E-state index in [0.717, 1.165) is 37.3 Å². The van der Waals surface area contributed by atoms with Crippen LogP contribution in [0.1, 0.15) is 12.5 Å². The molecule has 3 rings (SSSR count). The lowest BCUT2D eigenvalue weighted by Crippen LogP contribution is -2.54. The quantitative estimate of drug-likeness (QED) is 0.731. The molecule has 8 heteroatoms. The van der Waals surface area contributed by atoms with Gasteiger partial charge in [0, 0.05) is 32.7 Å². The van der Waals surface area contributed by atoms with Gasteiger partial charge in [-0.1, -0.05) is 42.5 Å². The zero-order chi connectivity index (χ0) is 21.6. The molecule has 0 unspecified atom stereocenters. The highest BCUT2D eigenvalue weighted by Crippen LogP contribution is 2.12. The van der Waals surface area contributed by atoms with Crippen LogP contribution in [0, 0.1) is 5.82 Å². The Kier molecular flexibility index (Phi) is 7.36. The average Bonchev–Trinajstić information content (AvgIpc) is 2.74. The standard InChI is InChI=1S/C22H26FN3O3S/c1-18(24-30(28,29)21-11-9-20(23)10-12-21)22(27)26-16-14-25(15-17-26)13-5-8-19-6-3-2-4-7-19/h2-12,18,24H,13-17H2,1H3/b8-5+/t18-/m0/s1. The molecule has 30 heavy (non-hydrogen) atoms. The number of sulfonamides is 1. The average molecular weight is 432 g/mol. The fraction of sp³-hybridized carbons (Fsp3) is 0.318. The molecular formula is C22H26FN3O3S. The number of amides is 1. The van der Waals surface area contributed by atoms with Gasteiger partial charge in [-0.15, -0.1) is 0 Å². The van der Waals surface area contributed by atoms with Crippen LogP contribution in [0.2, 0.25) is 0 Å². The van der Waals surface area contributed by atoms with Crippen molar-refractivity contribution < 1.29 is 17.6 Å². The molecule has 1 N–H and O–H groups in total. The molecule has 1 aliphatic rings. The van der Waals surface area contributed by atoms with E-state index < -0.39 is 21.9 Å². The third kappa shape index (κ3) is 5.98. The molecule has 160 valence electrons. The first kappa shape index (κ1) is 22.1. The van der Waals surface area contributed by atoms with Gasteiger partial charge in [-0.25, -0.2) is 12.8 Å². The fourth-order valence-corrected chi connectivity index (χ4v) is 4.49. The minimum Gasteiger partial charge on any atom is -0.339 e. The van der Waals surface area contributed by atoms with E-state index in [-0.39, 0.29) is 10.8 Å². The maximum atomic E-state index is 13.0. The van der Waals surface area contributed by atoms with Gasteiger partial charge in [0.05, 0.1) is 10.9 Å². The van der Waals surface area contributed by atoms with Gasteiger partial charge in [-0.05, 0) is 36.8 Å². The van der Waals surface area contributed by atoms with Crippen LogP contribution in [0.25, 0.3) is 6.08 Å². The Bertz CT molecular complexity index is 970. The van der Waals surface area contributed by atoms with E-state index in [1.165, 1.54) is 19.1 Å². The summed E-state index contributed by atoms with van der Waals surface area (Å²) in [7, 11) is -3.89. The zero-order valence-corrected chi connectivity index (χ0v) is 17.7. The predicted octanol–water partition coefficient (Wildman–Crippen LogP) is 2.35. The Morgan fingerprint density at radius 3 is 2.33 bits per heavy atom. The first-order chi connectivity index (χ1) is 14.3. The number of hydrogen-bond acceptors (Lipinski definition) is 4. The first-order valence-corrected chi connectivity index (χ1v) is 11.3. The lowest BCUT2D eigenvalue weighted by atomic mass is 10.2. The summed E-state index contributed by atoms with van der Waals surface area (Å²) in [5.74, 6) is -0.783. The molecule has 0 aromatic heterocycles. The third-order valence-corrected chi connectivity index (χ3v) is 6.54.